The smallest absolute Gasteiger partial charge is 0.222 e. The van der Waals surface area contributed by atoms with Crippen molar-refractivity contribution in [3.63, 3.8) is 0 Å². The Morgan fingerprint density at radius 2 is 1.96 bits per heavy atom. The molecule has 3 rings (SSSR count). The summed E-state index contributed by atoms with van der Waals surface area (Å²) < 4.78 is -0.592. The SMILES string of the molecule is CC(=O)NC1=NC(I)(c2cc(C)cc(C)c2)C(c2ccnc(O)c2)S1. The summed E-state index contributed by atoms with van der Waals surface area (Å²) in [6.07, 6.45) is 1.58. The number of rotatable bonds is 2. The fourth-order valence-electron chi connectivity index (χ4n) is 2.91. The van der Waals surface area contributed by atoms with Gasteiger partial charge in [0.2, 0.25) is 11.8 Å². The van der Waals surface area contributed by atoms with Crippen molar-refractivity contribution in [1.82, 2.24) is 10.3 Å². The van der Waals surface area contributed by atoms with Crippen LogP contribution in [0.5, 0.6) is 5.88 Å². The Balaban J connectivity index is 2.12. The summed E-state index contributed by atoms with van der Waals surface area (Å²) in [4.78, 5) is 20.2. The van der Waals surface area contributed by atoms with Gasteiger partial charge in [-0.2, -0.15) is 0 Å². The second-order valence-corrected chi connectivity index (χ2v) is 8.83. The molecule has 0 bridgehead atoms. The topological polar surface area (TPSA) is 74.6 Å². The minimum atomic E-state index is -0.592. The Morgan fingerprint density at radius 3 is 2.56 bits per heavy atom. The number of hydrogen-bond acceptors (Lipinski definition) is 5. The van der Waals surface area contributed by atoms with E-state index in [4.69, 9.17) is 4.99 Å². The van der Waals surface area contributed by atoms with E-state index >= 15 is 0 Å². The molecule has 130 valence electrons. The first-order chi connectivity index (χ1) is 11.8. The number of aromatic nitrogens is 1. The van der Waals surface area contributed by atoms with Gasteiger partial charge in [0, 0.05) is 19.2 Å². The summed E-state index contributed by atoms with van der Waals surface area (Å²) in [6.45, 7) is 5.59. The van der Waals surface area contributed by atoms with Crippen LogP contribution in [-0.4, -0.2) is 21.2 Å². The van der Waals surface area contributed by atoms with Crippen molar-refractivity contribution in [2.75, 3.05) is 0 Å². The van der Waals surface area contributed by atoms with Crippen LogP contribution in [0.1, 0.15) is 34.4 Å². The van der Waals surface area contributed by atoms with Crippen LogP contribution in [0.15, 0.2) is 41.5 Å². The molecular weight excluding hydrogens is 449 g/mol. The maximum absolute atomic E-state index is 11.5. The molecule has 2 heterocycles. The lowest BCUT2D eigenvalue weighted by Crippen LogP contribution is -2.24. The van der Waals surface area contributed by atoms with Crippen LogP contribution in [0, 0.1) is 13.8 Å². The number of halogens is 1. The van der Waals surface area contributed by atoms with E-state index in [2.05, 4.69) is 64.9 Å². The Kier molecular flexibility index (Phi) is 5.06. The van der Waals surface area contributed by atoms with E-state index in [1.807, 2.05) is 6.07 Å². The third-order valence-electron chi connectivity index (χ3n) is 3.82. The van der Waals surface area contributed by atoms with Crippen LogP contribution in [0.25, 0.3) is 0 Å². The largest absolute Gasteiger partial charge is 0.493 e. The Bertz CT molecular complexity index is 851. The number of benzene rings is 1. The molecule has 1 amide bonds. The number of carbonyl (C=O) groups is 1. The van der Waals surface area contributed by atoms with Gasteiger partial charge < -0.3 is 10.4 Å². The molecule has 2 atom stereocenters. The fourth-order valence-corrected chi connectivity index (χ4v) is 5.62. The third kappa shape index (κ3) is 3.82. The summed E-state index contributed by atoms with van der Waals surface area (Å²) >= 11 is 3.83. The fraction of sp³-hybridized carbons (Fsp3) is 0.278. The Labute approximate surface area is 164 Å². The van der Waals surface area contributed by atoms with E-state index in [1.165, 1.54) is 18.7 Å². The lowest BCUT2D eigenvalue weighted by atomic mass is 9.96. The highest BCUT2D eigenvalue weighted by Crippen LogP contribution is 2.57. The highest BCUT2D eigenvalue weighted by Gasteiger charge is 2.46. The molecule has 2 unspecified atom stereocenters. The number of nitrogens with zero attached hydrogens (tertiary/aromatic N) is 2. The second kappa shape index (κ2) is 6.95. The Morgan fingerprint density at radius 1 is 1.28 bits per heavy atom. The molecular formula is C18H18IN3O2S. The molecule has 7 heteroatoms. The predicted octanol–water partition coefficient (Wildman–Crippen LogP) is 3.97. The van der Waals surface area contributed by atoms with Crippen molar-refractivity contribution in [2.45, 2.75) is 29.6 Å². The van der Waals surface area contributed by atoms with Gasteiger partial charge in [-0.1, -0.05) is 41.1 Å². The molecule has 0 fully saturated rings. The molecule has 2 N–H and O–H groups in total. The van der Waals surface area contributed by atoms with Gasteiger partial charge >= 0.3 is 0 Å². The zero-order chi connectivity index (χ0) is 18.2. The number of pyridine rings is 1. The molecule has 0 aliphatic carbocycles. The molecule has 0 saturated heterocycles. The maximum atomic E-state index is 11.5. The van der Waals surface area contributed by atoms with Gasteiger partial charge in [-0.05, 0) is 53.6 Å². The van der Waals surface area contributed by atoms with Crippen molar-refractivity contribution >= 4 is 45.4 Å². The lowest BCUT2D eigenvalue weighted by molar-refractivity contribution is -0.117. The number of aliphatic imine (C=N–C) groups is 1. The highest BCUT2D eigenvalue weighted by molar-refractivity contribution is 14.1. The predicted molar refractivity (Wildman–Crippen MR) is 109 cm³/mol. The number of nitrogens with one attached hydrogen (secondary N) is 1. The molecule has 1 aliphatic rings. The minimum Gasteiger partial charge on any atom is -0.493 e. The zero-order valence-corrected chi connectivity index (χ0v) is 17.1. The third-order valence-corrected chi connectivity index (χ3v) is 7.00. The minimum absolute atomic E-state index is 0.0229. The van der Waals surface area contributed by atoms with Crippen LogP contribution in [0.2, 0.25) is 0 Å². The van der Waals surface area contributed by atoms with Gasteiger partial charge in [0.1, 0.15) is 0 Å². The number of thioether (sulfide) groups is 1. The lowest BCUT2D eigenvalue weighted by Gasteiger charge is -2.27. The number of alkyl halides is 1. The summed E-state index contributed by atoms with van der Waals surface area (Å²) in [7, 11) is 0. The summed E-state index contributed by atoms with van der Waals surface area (Å²) in [5.41, 5.74) is 4.31. The van der Waals surface area contributed by atoms with Crippen LogP contribution < -0.4 is 5.32 Å². The molecule has 5 nitrogen and oxygen atoms in total. The van der Waals surface area contributed by atoms with Crippen molar-refractivity contribution in [1.29, 1.82) is 0 Å². The van der Waals surface area contributed by atoms with Crippen LogP contribution >= 0.6 is 34.4 Å². The summed E-state index contributed by atoms with van der Waals surface area (Å²) in [6, 6.07) is 9.89. The van der Waals surface area contributed by atoms with Gasteiger partial charge in [-0.15, -0.1) is 0 Å². The highest BCUT2D eigenvalue weighted by atomic mass is 127. The van der Waals surface area contributed by atoms with Crippen molar-refractivity contribution < 1.29 is 9.90 Å². The van der Waals surface area contributed by atoms with E-state index in [-0.39, 0.29) is 17.0 Å². The Hall–Kier alpha value is -1.61. The van der Waals surface area contributed by atoms with Gasteiger partial charge in [-0.3, -0.25) is 4.79 Å². The molecule has 1 aromatic heterocycles. The number of carbonyl (C=O) groups excluding carboxylic acids is 1. The van der Waals surface area contributed by atoms with Crippen molar-refractivity contribution in [3.8, 4) is 5.88 Å². The number of aromatic hydroxyl groups is 1. The quantitative estimate of drug-likeness (QED) is 0.398. The number of aryl methyl sites for hydroxylation is 2. The van der Waals surface area contributed by atoms with E-state index in [0.29, 0.717) is 5.17 Å². The normalized spacial score (nSPS) is 22.6. The zero-order valence-electron chi connectivity index (χ0n) is 14.1. The standard InChI is InChI=1S/C18H18IN3O2S/c1-10-6-11(2)8-14(7-10)18(19)16(13-4-5-20-15(24)9-13)25-17(22-18)21-12(3)23/h4-9,16H,1-3H3,(H,20,24)(H,21,22,23). The summed E-state index contributed by atoms with van der Waals surface area (Å²) in [5, 5.41) is 13.1. The molecule has 1 aromatic carbocycles. The average molecular weight is 467 g/mol. The van der Waals surface area contributed by atoms with E-state index in [0.717, 1.165) is 22.3 Å². The number of amidine groups is 1. The second-order valence-electron chi connectivity index (χ2n) is 6.09. The van der Waals surface area contributed by atoms with Crippen LogP contribution in [0.4, 0.5) is 0 Å². The molecule has 0 radical (unpaired) electrons. The van der Waals surface area contributed by atoms with E-state index in [9.17, 15) is 9.90 Å². The first kappa shape index (κ1) is 18.2. The van der Waals surface area contributed by atoms with Gasteiger partial charge in [0.05, 0.1) is 5.25 Å². The van der Waals surface area contributed by atoms with Crippen LogP contribution in [0.3, 0.4) is 0 Å². The molecule has 0 saturated carbocycles. The van der Waals surface area contributed by atoms with Gasteiger partial charge in [-0.25, -0.2) is 9.98 Å². The molecule has 0 spiro atoms. The summed E-state index contributed by atoms with van der Waals surface area (Å²) in [5.74, 6) is -0.172. The monoisotopic (exact) mass is 467 g/mol. The number of amides is 1. The van der Waals surface area contributed by atoms with Crippen LogP contribution in [-0.2, 0) is 8.34 Å². The first-order valence-electron chi connectivity index (χ1n) is 7.74. The van der Waals surface area contributed by atoms with Gasteiger partial charge in [0.25, 0.3) is 0 Å². The molecule has 25 heavy (non-hydrogen) atoms. The maximum Gasteiger partial charge on any atom is 0.222 e. The number of hydrogen-bond donors (Lipinski definition) is 2. The molecule has 2 aromatic rings. The van der Waals surface area contributed by atoms with Crippen molar-refractivity contribution in [3.05, 3.63) is 58.8 Å². The van der Waals surface area contributed by atoms with E-state index in [1.54, 1.807) is 12.3 Å². The van der Waals surface area contributed by atoms with Gasteiger partial charge in [0.15, 0.2) is 8.71 Å². The van der Waals surface area contributed by atoms with Crippen molar-refractivity contribution in [2.24, 2.45) is 4.99 Å². The molecule has 1 aliphatic heterocycles. The van der Waals surface area contributed by atoms with E-state index < -0.39 is 3.55 Å². The first-order valence-corrected chi connectivity index (χ1v) is 9.70. The average Bonchev–Trinajstić information content (AvgIpc) is 2.83.